The maximum atomic E-state index is 12.7. The first kappa shape index (κ1) is 18.0. The minimum absolute atomic E-state index is 0.223. The van der Waals surface area contributed by atoms with Crippen LogP contribution in [0.5, 0.6) is 0 Å². The summed E-state index contributed by atoms with van der Waals surface area (Å²) in [6.45, 7) is -0.147. The highest BCUT2D eigenvalue weighted by Crippen LogP contribution is 2.27. The summed E-state index contributed by atoms with van der Waals surface area (Å²) < 4.78 is 38.9. The highest BCUT2D eigenvalue weighted by molar-refractivity contribution is 5.88. The maximum absolute atomic E-state index is 12.7. The molecule has 2 amide bonds. The number of nitrogens with zero attached hydrogens (tertiary/aromatic N) is 3. The molecule has 0 saturated carbocycles. The van der Waals surface area contributed by atoms with Gasteiger partial charge in [-0.3, -0.25) is 14.3 Å². The number of amides is 2. The van der Waals surface area contributed by atoms with Crippen LogP contribution >= 0.6 is 0 Å². The van der Waals surface area contributed by atoms with Crippen molar-refractivity contribution in [1.29, 1.82) is 0 Å². The van der Waals surface area contributed by atoms with Gasteiger partial charge in [-0.1, -0.05) is 24.3 Å². The second kappa shape index (κ2) is 6.81. The van der Waals surface area contributed by atoms with E-state index in [1.165, 1.54) is 11.9 Å². The molecule has 138 valence electrons. The van der Waals surface area contributed by atoms with Gasteiger partial charge in [-0.15, -0.1) is 0 Å². The van der Waals surface area contributed by atoms with E-state index in [0.717, 1.165) is 28.1 Å². The molecule has 1 aromatic carbocycles. The number of halogens is 3. The van der Waals surface area contributed by atoms with Crippen LogP contribution in [0.25, 0.3) is 0 Å². The summed E-state index contributed by atoms with van der Waals surface area (Å²) in [6.07, 6.45) is -3.11. The third kappa shape index (κ3) is 3.56. The Kier molecular flexibility index (Phi) is 4.71. The van der Waals surface area contributed by atoms with Crippen LogP contribution in [0, 0.1) is 0 Å². The van der Waals surface area contributed by atoms with E-state index in [1.807, 2.05) is 24.3 Å². The topological polar surface area (TPSA) is 67.2 Å². The Balaban J connectivity index is 1.82. The smallest absolute Gasteiger partial charge is 0.357 e. The van der Waals surface area contributed by atoms with E-state index < -0.39 is 23.8 Å². The molecule has 0 fully saturated rings. The molecule has 2 aromatic rings. The van der Waals surface area contributed by atoms with Crippen LogP contribution < -0.4 is 5.32 Å². The molecule has 9 heteroatoms. The first-order valence-electron chi connectivity index (χ1n) is 7.98. The molecule has 0 spiro atoms. The van der Waals surface area contributed by atoms with Gasteiger partial charge in [0, 0.05) is 26.2 Å². The molecule has 0 bridgehead atoms. The first-order valence-corrected chi connectivity index (χ1v) is 7.98. The lowest BCUT2D eigenvalue weighted by molar-refractivity contribution is -0.143. The van der Waals surface area contributed by atoms with Gasteiger partial charge in [0.15, 0.2) is 5.69 Å². The second-order valence-corrected chi connectivity index (χ2v) is 6.02. The summed E-state index contributed by atoms with van der Waals surface area (Å²) in [4.78, 5) is 26.3. The van der Waals surface area contributed by atoms with Crippen LogP contribution in [0.4, 0.5) is 13.2 Å². The molecular formula is C17H17F3N4O2. The number of benzene rings is 1. The number of fused-ring (bicyclic) bond motifs is 1. The number of carbonyl (C=O) groups excluding carboxylic acids is 2. The largest absolute Gasteiger partial charge is 0.435 e. The number of hydrogen-bond acceptors (Lipinski definition) is 3. The summed E-state index contributed by atoms with van der Waals surface area (Å²) in [5.41, 5.74) is 0.832. The molecule has 0 aliphatic carbocycles. The highest BCUT2D eigenvalue weighted by Gasteiger charge is 2.36. The van der Waals surface area contributed by atoms with Crippen LogP contribution in [-0.2, 0) is 35.3 Å². The number of aromatic nitrogens is 2. The molecule has 26 heavy (non-hydrogen) atoms. The van der Waals surface area contributed by atoms with Crippen molar-refractivity contribution in [3.8, 4) is 0 Å². The first-order chi connectivity index (χ1) is 12.3. The molecular weight excluding hydrogens is 349 g/mol. The van der Waals surface area contributed by atoms with Gasteiger partial charge in [-0.25, -0.2) is 0 Å². The van der Waals surface area contributed by atoms with Gasteiger partial charge in [0.1, 0.15) is 12.6 Å². The summed E-state index contributed by atoms with van der Waals surface area (Å²) in [6, 6.07) is 7.57. The van der Waals surface area contributed by atoms with Gasteiger partial charge in [0.05, 0.1) is 0 Å². The number of rotatable bonds is 3. The molecule has 6 nitrogen and oxygen atoms in total. The molecule has 1 N–H and O–H groups in total. The van der Waals surface area contributed by atoms with Crippen molar-refractivity contribution in [3.63, 3.8) is 0 Å². The van der Waals surface area contributed by atoms with Crippen molar-refractivity contribution >= 4 is 11.8 Å². The van der Waals surface area contributed by atoms with Crippen LogP contribution in [0.2, 0.25) is 0 Å². The van der Waals surface area contributed by atoms with Crippen LogP contribution in [0.3, 0.4) is 0 Å². The molecule has 0 radical (unpaired) electrons. The van der Waals surface area contributed by atoms with Crippen molar-refractivity contribution in [2.24, 2.45) is 0 Å². The summed E-state index contributed by atoms with van der Waals surface area (Å²) in [5.74, 6) is -0.783. The fraction of sp³-hybridized carbons (Fsp3) is 0.353. The number of carbonyl (C=O) groups is 2. The van der Waals surface area contributed by atoms with Gasteiger partial charge in [0.25, 0.3) is 0 Å². The number of nitrogens with one attached hydrogen (secondary N) is 1. The van der Waals surface area contributed by atoms with E-state index in [4.69, 9.17) is 0 Å². The molecule has 1 aliphatic heterocycles. The highest BCUT2D eigenvalue weighted by atomic mass is 19.4. The molecule has 2 heterocycles. The van der Waals surface area contributed by atoms with Crippen LogP contribution in [0.1, 0.15) is 16.8 Å². The zero-order valence-corrected chi connectivity index (χ0v) is 14.0. The van der Waals surface area contributed by atoms with E-state index in [1.54, 1.807) is 0 Å². The summed E-state index contributed by atoms with van der Waals surface area (Å²) in [7, 11) is 1.48. The predicted octanol–water partition coefficient (Wildman–Crippen LogP) is 1.60. The van der Waals surface area contributed by atoms with E-state index >= 15 is 0 Å². The Morgan fingerprint density at radius 2 is 1.92 bits per heavy atom. The van der Waals surface area contributed by atoms with Crippen molar-refractivity contribution in [2.75, 3.05) is 7.05 Å². The molecule has 0 saturated heterocycles. The minimum Gasteiger partial charge on any atom is -0.357 e. The van der Waals surface area contributed by atoms with Crippen molar-refractivity contribution in [1.82, 2.24) is 20.0 Å². The standard InChI is InChI=1S/C17H17F3N4O2/c1-21-16(26)13-8-11-4-2-3-5-12(11)9-24(13)15(25)10-23-7-6-14(22-23)17(18,19)20/h2-7,13H,8-10H2,1H3,(H,21,26)/t13-/m0/s1. The molecule has 1 aromatic heterocycles. The normalized spacial score (nSPS) is 16.9. The Morgan fingerprint density at radius 1 is 1.23 bits per heavy atom. The SMILES string of the molecule is CNC(=O)[C@@H]1Cc2ccccc2CN1C(=O)Cn1ccc(C(F)(F)F)n1. The average Bonchev–Trinajstić information content (AvgIpc) is 3.08. The summed E-state index contributed by atoms with van der Waals surface area (Å²) >= 11 is 0. The van der Waals surface area contributed by atoms with Crippen molar-refractivity contribution in [2.45, 2.75) is 31.7 Å². The monoisotopic (exact) mass is 366 g/mol. The minimum atomic E-state index is -4.57. The maximum Gasteiger partial charge on any atom is 0.435 e. The number of hydrogen-bond donors (Lipinski definition) is 1. The van der Waals surface area contributed by atoms with E-state index in [0.29, 0.717) is 6.42 Å². The Labute approximate surface area is 147 Å². The van der Waals surface area contributed by atoms with Crippen molar-refractivity contribution in [3.05, 3.63) is 53.3 Å². The average molecular weight is 366 g/mol. The number of likely N-dealkylation sites (N-methyl/N-ethyl adjacent to an activating group) is 1. The van der Waals surface area contributed by atoms with Gasteiger partial charge in [-0.2, -0.15) is 18.3 Å². The van der Waals surface area contributed by atoms with E-state index in [9.17, 15) is 22.8 Å². The Bertz CT molecular complexity index is 831. The fourth-order valence-electron chi connectivity index (χ4n) is 3.02. The van der Waals surface area contributed by atoms with E-state index in [2.05, 4.69) is 10.4 Å². The van der Waals surface area contributed by atoms with Gasteiger partial charge in [0.2, 0.25) is 11.8 Å². The lowest BCUT2D eigenvalue weighted by Crippen LogP contribution is -2.52. The van der Waals surface area contributed by atoms with Gasteiger partial charge in [-0.05, 0) is 17.2 Å². The second-order valence-electron chi connectivity index (χ2n) is 6.02. The zero-order valence-electron chi connectivity index (χ0n) is 14.0. The van der Waals surface area contributed by atoms with Gasteiger partial charge < -0.3 is 10.2 Å². The predicted molar refractivity (Wildman–Crippen MR) is 85.8 cm³/mol. The summed E-state index contributed by atoms with van der Waals surface area (Å²) in [5, 5.41) is 5.93. The fourth-order valence-corrected chi connectivity index (χ4v) is 3.02. The quantitative estimate of drug-likeness (QED) is 0.897. The van der Waals surface area contributed by atoms with Crippen LogP contribution in [-0.4, -0.2) is 39.6 Å². The van der Waals surface area contributed by atoms with Crippen LogP contribution in [0.15, 0.2) is 36.5 Å². The molecule has 3 rings (SSSR count). The van der Waals surface area contributed by atoms with Crippen molar-refractivity contribution < 1.29 is 22.8 Å². The van der Waals surface area contributed by atoms with E-state index in [-0.39, 0.29) is 19.0 Å². The molecule has 0 unspecified atom stereocenters. The third-order valence-electron chi connectivity index (χ3n) is 4.35. The number of alkyl halides is 3. The Hall–Kier alpha value is -2.84. The Morgan fingerprint density at radius 3 is 2.54 bits per heavy atom. The zero-order chi connectivity index (χ0) is 18.9. The van der Waals surface area contributed by atoms with Gasteiger partial charge >= 0.3 is 6.18 Å². The lowest BCUT2D eigenvalue weighted by Gasteiger charge is -2.35. The lowest BCUT2D eigenvalue weighted by atomic mass is 9.93. The third-order valence-corrected chi connectivity index (χ3v) is 4.35. The molecule has 1 aliphatic rings. The molecule has 1 atom stereocenters.